The van der Waals surface area contributed by atoms with Crippen LogP contribution >= 0.6 is 0 Å². The van der Waals surface area contributed by atoms with E-state index in [2.05, 4.69) is 5.32 Å². The highest BCUT2D eigenvalue weighted by Gasteiger charge is 2.30. The number of hydrogen-bond acceptors (Lipinski definition) is 6. The Morgan fingerprint density at radius 1 is 1.44 bits per heavy atom. The van der Waals surface area contributed by atoms with E-state index in [0.717, 1.165) is 5.56 Å². The molecule has 27 heavy (non-hydrogen) atoms. The Morgan fingerprint density at radius 3 is 2.85 bits per heavy atom. The van der Waals surface area contributed by atoms with E-state index >= 15 is 0 Å². The number of fused-ring (bicyclic) bond motifs is 1. The largest absolute Gasteiger partial charge is 0.493 e. The van der Waals surface area contributed by atoms with Gasteiger partial charge in [0.25, 0.3) is 5.91 Å². The molecule has 7 nitrogen and oxygen atoms in total. The van der Waals surface area contributed by atoms with Crippen LogP contribution in [0.1, 0.15) is 18.9 Å². The zero-order valence-corrected chi connectivity index (χ0v) is 15.9. The molecule has 0 aliphatic carbocycles. The quantitative estimate of drug-likeness (QED) is 0.621. The van der Waals surface area contributed by atoms with Crippen molar-refractivity contribution < 1.29 is 22.7 Å². The molecule has 0 saturated carbocycles. The van der Waals surface area contributed by atoms with Crippen LogP contribution < -0.4 is 14.8 Å². The predicted octanol–water partition coefficient (Wildman–Crippen LogP) is 1.61. The molecule has 1 fully saturated rings. The molecule has 0 radical (unpaired) electrons. The number of para-hydroxylation sites is 1. The SMILES string of the molecule is COc1cccc2c1OC(C)C(/C=C(/C#N)C(=O)NC1CCS(=O)(=O)C1)=C2. The molecule has 2 atom stereocenters. The normalized spacial score (nSPS) is 23.4. The van der Waals surface area contributed by atoms with Crippen molar-refractivity contribution in [2.24, 2.45) is 0 Å². The summed E-state index contributed by atoms with van der Waals surface area (Å²) in [6.07, 6.45) is 3.31. The van der Waals surface area contributed by atoms with Crippen molar-refractivity contribution in [1.29, 1.82) is 5.26 Å². The van der Waals surface area contributed by atoms with E-state index in [4.69, 9.17) is 9.47 Å². The van der Waals surface area contributed by atoms with Crippen LogP contribution in [-0.4, -0.2) is 45.1 Å². The number of hydrogen-bond donors (Lipinski definition) is 1. The van der Waals surface area contributed by atoms with E-state index in [-0.39, 0.29) is 23.2 Å². The number of methoxy groups -OCH3 is 1. The summed E-state index contributed by atoms with van der Waals surface area (Å²) >= 11 is 0. The third kappa shape index (κ3) is 4.14. The van der Waals surface area contributed by atoms with Crippen LogP contribution in [0.15, 0.2) is 35.4 Å². The van der Waals surface area contributed by atoms with E-state index in [9.17, 15) is 18.5 Å². The van der Waals surface area contributed by atoms with Crippen LogP contribution in [-0.2, 0) is 14.6 Å². The summed E-state index contributed by atoms with van der Waals surface area (Å²) in [5, 5.41) is 12.0. The Hall–Kier alpha value is -2.79. The zero-order valence-electron chi connectivity index (χ0n) is 15.1. The van der Waals surface area contributed by atoms with E-state index in [0.29, 0.717) is 23.5 Å². The summed E-state index contributed by atoms with van der Waals surface area (Å²) in [4.78, 5) is 12.4. The maximum atomic E-state index is 12.4. The van der Waals surface area contributed by atoms with Gasteiger partial charge in [0.1, 0.15) is 17.7 Å². The third-order valence-electron chi connectivity index (χ3n) is 4.56. The maximum Gasteiger partial charge on any atom is 0.262 e. The summed E-state index contributed by atoms with van der Waals surface area (Å²) in [5.74, 6) is 0.609. The van der Waals surface area contributed by atoms with Gasteiger partial charge in [-0.15, -0.1) is 0 Å². The van der Waals surface area contributed by atoms with E-state index < -0.39 is 21.8 Å². The predicted molar refractivity (Wildman–Crippen MR) is 100.0 cm³/mol. The Morgan fingerprint density at radius 2 is 2.22 bits per heavy atom. The van der Waals surface area contributed by atoms with Gasteiger partial charge in [0, 0.05) is 11.6 Å². The highest BCUT2D eigenvalue weighted by molar-refractivity contribution is 7.91. The molecule has 1 amide bonds. The number of ether oxygens (including phenoxy) is 2. The maximum absolute atomic E-state index is 12.4. The molecule has 142 valence electrons. The molecule has 1 N–H and O–H groups in total. The number of benzene rings is 1. The van der Waals surface area contributed by atoms with Crippen molar-refractivity contribution in [2.75, 3.05) is 18.6 Å². The number of amides is 1. The van der Waals surface area contributed by atoms with Gasteiger partial charge in [-0.3, -0.25) is 4.79 Å². The van der Waals surface area contributed by atoms with Crippen molar-refractivity contribution in [3.63, 3.8) is 0 Å². The molecule has 0 bridgehead atoms. The van der Waals surface area contributed by atoms with Gasteiger partial charge in [-0.25, -0.2) is 8.42 Å². The van der Waals surface area contributed by atoms with E-state index in [1.54, 1.807) is 13.2 Å². The van der Waals surface area contributed by atoms with Crippen molar-refractivity contribution in [2.45, 2.75) is 25.5 Å². The van der Waals surface area contributed by atoms with Gasteiger partial charge in [-0.05, 0) is 37.1 Å². The fourth-order valence-corrected chi connectivity index (χ4v) is 4.79. The van der Waals surface area contributed by atoms with Crippen LogP contribution in [0.3, 0.4) is 0 Å². The molecule has 2 aliphatic heterocycles. The molecular weight excluding hydrogens is 368 g/mol. The van der Waals surface area contributed by atoms with Crippen LogP contribution in [0, 0.1) is 11.3 Å². The smallest absolute Gasteiger partial charge is 0.262 e. The monoisotopic (exact) mass is 388 g/mol. The minimum atomic E-state index is -3.11. The fraction of sp³-hybridized carbons (Fsp3) is 0.368. The lowest BCUT2D eigenvalue weighted by atomic mass is 9.99. The minimum Gasteiger partial charge on any atom is -0.493 e. The van der Waals surface area contributed by atoms with Crippen molar-refractivity contribution in [3.8, 4) is 17.6 Å². The first-order valence-electron chi connectivity index (χ1n) is 8.51. The highest BCUT2D eigenvalue weighted by Crippen LogP contribution is 2.38. The Bertz CT molecular complexity index is 972. The number of carbonyl (C=O) groups excluding carboxylic acids is 1. The van der Waals surface area contributed by atoms with Gasteiger partial charge in [-0.1, -0.05) is 12.1 Å². The first-order chi connectivity index (χ1) is 12.8. The zero-order chi connectivity index (χ0) is 19.6. The Balaban J connectivity index is 1.83. The summed E-state index contributed by atoms with van der Waals surface area (Å²) in [5.41, 5.74) is 1.37. The molecule has 1 aromatic carbocycles. The van der Waals surface area contributed by atoms with E-state index in [1.807, 2.05) is 31.2 Å². The number of nitrogens with one attached hydrogen (secondary N) is 1. The lowest BCUT2D eigenvalue weighted by molar-refractivity contribution is -0.117. The molecule has 0 aromatic heterocycles. The van der Waals surface area contributed by atoms with Crippen LogP contribution in [0.2, 0.25) is 0 Å². The van der Waals surface area contributed by atoms with Crippen LogP contribution in [0.25, 0.3) is 6.08 Å². The van der Waals surface area contributed by atoms with Gasteiger partial charge >= 0.3 is 0 Å². The van der Waals surface area contributed by atoms with Crippen molar-refractivity contribution >= 4 is 21.8 Å². The number of rotatable bonds is 4. The average molecular weight is 388 g/mol. The van der Waals surface area contributed by atoms with Gasteiger partial charge in [0.15, 0.2) is 21.3 Å². The number of nitrogens with zero attached hydrogens (tertiary/aromatic N) is 1. The Labute approximate surface area is 158 Å². The second kappa shape index (κ2) is 7.45. The minimum absolute atomic E-state index is 0.0538. The second-order valence-electron chi connectivity index (χ2n) is 6.53. The summed E-state index contributed by atoms with van der Waals surface area (Å²) < 4.78 is 34.2. The summed E-state index contributed by atoms with van der Waals surface area (Å²) in [7, 11) is -1.55. The van der Waals surface area contributed by atoms with Gasteiger partial charge in [0.05, 0.1) is 18.6 Å². The number of nitriles is 1. The average Bonchev–Trinajstić information content (AvgIpc) is 2.97. The third-order valence-corrected chi connectivity index (χ3v) is 6.33. The second-order valence-corrected chi connectivity index (χ2v) is 8.76. The molecule has 2 unspecified atom stereocenters. The van der Waals surface area contributed by atoms with Crippen LogP contribution in [0.5, 0.6) is 11.5 Å². The highest BCUT2D eigenvalue weighted by atomic mass is 32.2. The van der Waals surface area contributed by atoms with Crippen molar-refractivity contribution in [3.05, 3.63) is 41.0 Å². The van der Waals surface area contributed by atoms with Gasteiger partial charge in [0.2, 0.25) is 0 Å². The first kappa shape index (κ1) is 19.0. The molecule has 2 aliphatic rings. The molecule has 3 rings (SSSR count). The molecular formula is C19H20N2O5S. The molecule has 8 heteroatoms. The number of sulfone groups is 1. The topological polar surface area (TPSA) is 105 Å². The van der Waals surface area contributed by atoms with Crippen LogP contribution in [0.4, 0.5) is 0 Å². The lowest BCUT2D eigenvalue weighted by Gasteiger charge is -2.24. The summed E-state index contributed by atoms with van der Waals surface area (Å²) in [6.45, 7) is 1.81. The van der Waals surface area contributed by atoms with Gasteiger partial charge < -0.3 is 14.8 Å². The Kier molecular flexibility index (Phi) is 5.24. The van der Waals surface area contributed by atoms with Gasteiger partial charge in [-0.2, -0.15) is 5.26 Å². The first-order valence-corrected chi connectivity index (χ1v) is 10.3. The fourth-order valence-electron chi connectivity index (χ4n) is 3.12. The summed E-state index contributed by atoms with van der Waals surface area (Å²) in [6, 6.07) is 6.91. The standard InChI is InChI=1S/C19H20N2O5S/c1-12-14(8-13-4-3-5-17(25-2)18(13)26-12)9-15(10-20)19(22)21-16-6-7-27(23,24)11-16/h3-5,8-9,12,16H,6-7,11H2,1-2H3,(H,21,22)/b15-9-. The van der Waals surface area contributed by atoms with E-state index in [1.165, 1.54) is 6.08 Å². The lowest BCUT2D eigenvalue weighted by Crippen LogP contribution is -2.36. The molecule has 0 spiro atoms. The molecule has 1 saturated heterocycles. The van der Waals surface area contributed by atoms with Crippen molar-refractivity contribution in [1.82, 2.24) is 5.32 Å². The molecule has 1 aromatic rings. The number of carbonyl (C=O) groups is 1. The molecule has 2 heterocycles.